The number of nitrogens with one attached hydrogen (secondary N) is 2. The van der Waals surface area contributed by atoms with Crippen LogP contribution in [0.5, 0.6) is 11.7 Å². The summed E-state index contributed by atoms with van der Waals surface area (Å²) >= 11 is 0. The maximum Gasteiger partial charge on any atom is 0.290 e. The zero-order valence-electron chi connectivity index (χ0n) is 14.0. The first-order chi connectivity index (χ1) is 12.1. The molecule has 6 heteroatoms. The number of hydrogen-bond acceptors (Lipinski definition) is 5. The molecule has 2 bridgehead atoms. The van der Waals surface area contributed by atoms with Gasteiger partial charge in [0.1, 0.15) is 12.0 Å². The van der Waals surface area contributed by atoms with Crippen LogP contribution in [0.4, 0.5) is 0 Å². The van der Waals surface area contributed by atoms with Crippen LogP contribution >= 0.6 is 0 Å². The van der Waals surface area contributed by atoms with Crippen molar-refractivity contribution < 1.29 is 18.7 Å². The molecular weight excluding hydrogens is 320 g/mol. The third kappa shape index (κ3) is 3.30. The molecule has 2 aliphatic heterocycles. The van der Waals surface area contributed by atoms with Gasteiger partial charge in [-0.25, -0.2) is 0 Å². The summed E-state index contributed by atoms with van der Waals surface area (Å²) in [6, 6.07) is 9.60. The number of fused-ring (bicyclic) bond motifs is 2. The minimum absolute atomic E-state index is 0.0669. The molecule has 4 rings (SSSR count). The molecule has 1 amide bonds. The number of Topliss-reactive ketones (excluding diaryl/α,β-unsaturated/α-hetero) is 1. The van der Waals surface area contributed by atoms with Crippen LogP contribution in [0, 0.1) is 0 Å². The van der Waals surface area contributed by atoms with Gasteiger partial charge in [0.05, 0.1) is 5.56 Å². The number of benzene rings is 1. The third-order valence-corrected chi connectivity index (χ3v) is 4.93. The van der Waals surface area contributed by atoms with E-state index in [1.165, 1.54) is 19.6 Å². The largest absolute Gasteiger partial charge is 0.433 e. The van der Waals surface area contributed by atoms with Gasteiger partial charge in [0.15, 0.2) is 5.78 Å². The Morgan fingerprint density at radius 2 is 2.00 bits per heavy atom. The molecule has 2 fully saturated rings. The molecule has 0 saturated carbocycles. The van der Waals surface area contributed by atoms with E-state index < -0.39 is 0 Å². The minimum atomic E-state index is -0.0827. The van der Waals surface area contributed by atoms with E-state index in [2.05, 4.69) is 10.6 Å². The van der Waals surface area contributed by atoms with Gasteiger partial charge >= 0.3 is 0 Å². The molecule has 0 aliphatic carbocycles. The van der Waals surface area contributed by atoms with E-state index in [1.807, 2.05) is 0 Å². The van der Waals surface area contributed by atoms with Gasteiger partial charge in [-0.2, -0.15) is 0 Å². The fourth-order valence-electron chi connectivity index (χ4n) is 3.58. The maximum atomic E-state index is 12.4. The molecule has 3 heterocycles. The molecule has 2 aliphatic rings. The molecule has 0 unspecified atom stereocenters. The van der Waals surface area contributed by atoms with Crippen LogP contribution in [-0.4, -0.2) is 29.8 Å². The molecule has 1 aromatic heterocycles. The Morgan fingerprint density at radius 1 is 1.20 bits per heavy atom. The smallest absolute Gasteiger partial charge is 0.290 e. The summed E-state index contributed by atoms with van der Waals surface area (Å²) in [6.07, 6.45) is 4.71. The number of rotatable bonds is 5. The van der Waals surface area contributed by atoms with Gasteiger partial charge in [0, 0.05) is 29.8 Å². The maximum absolute atomic E-state index is 12.4. The summed E-state index contributed by atoms with van der Waals surface area (Å²) in [4.78, 5) is 23.6. The summed E-state index contributed by atoms with van der Waals surface area (Å²) in [7, 11) is 0. The highest BCUT2D eigenvalue weighted by Gasteiger charge is 2.39. The van der Waals surface area contributed by atoms with Gasteiger partial charge in [0.2, 0.25) is 0 Å². The molecule has 3 atom stereocenters. The van der Waals surface area contributed by atoms with E-state index in [0.29, 0.717) is 29.0 Å². The van der Waals surface area contributed by atoms with Gasteiger partial charge < -0.3 is 19.8 Å². The van der Waals surface area contributed by atoms with E-state index in [0.717, 1.165) is 12.8 Å². The molecule has 0 spiro atoms. The lowest BCUT2D eigenvalue weighted by molar-refractivity contribution is 0.0930. The number of amides is 1. The molecule has 1 aromatic carbocycles. The van der Waals surface area contributed by atoms with E-state index in [9.17, 15) is 9.59 Å². The van der Waals surface area contributed by atoms with E-state index in [-0.39, 0.29) is 23.7 Å². The molecule has 130 valence electrons. The highest BCUT2D eigenvalue weighted by atomic mass is 16.6. The summed E-state index contributed by atoms with van der Waals surface area (Å²) in [5.74, 6) is 0.640. The number of carbonyl (C=O) groups is 2. The number of ketones is 1. The lowest BCUT2D eigenvalue weighted by atomic mass is 9.95. The van der Waals surface area contributed by atoms with Crippen molar-refractivity contribution in [2.75, 3.05) is 0 Å². The molecule has 0 radical (unpaired) electrons. The lowest BCUT2D eigenvalue weighted by Crippen LogP contribution is -2.42. The highest BCUT2D eigenvalue weighted by Crippen LogP contribution is 2.28. The number of furan rings is 1. The Labute approximate surface area is 145 Å². The van der Waals surface area contributed by atoms with Crippen LogP contribution in [0.25, 0.3) is 0 Å². The summed E-state index contributed by atoms with van der Waals surface area (Å²) in [5.41, 5.74) is 1.06. The highest BCUT2D eigenvalue weighted by molar-refractivity contribution is 5.95. The molecule has 6 nitrogen and oxygen atoms in total. The van der Waals surface area contributed by atoms with E-state index in [1.54, 1.807) is 30.3 Å². The van der Waals surface area contributed by atoms with Gasteiger partial charge in [-0.05, 0) is 50.5 Å². The molecular formula is C19H20N2O4. The normalized spacial score (nSPS) is 24.3. The van der Waals surface area contributed by atoms with Crippen molar-refractivity contribution in [2.24, 2.45) is 0 Å². The lowest BCUT2D eigenvalue weighted by Gasteiger charge is -2.21. The Bertz CT molecular complexity index is 796. The van der Waals surface area contributed by atoms with Crippen LogP contribution in [0.15, 0.2) is 41.0 Å². The molecule has 25 heavy (non-hydrogen) atoms. The fourth-order valence-corrected chi connectivity index (χ4v) is 3.58. The number of ether oxygens (including phenoxy) is 1. The van der Waals surface area contributed by atoms with Crippen LogP contribution in [0.1, 0.15) is 46.9 Å². The van der Waals surface area contributed by atoms with Crippen molar-refractivity contribution in [1.29, 1.82) is 0 Å². The van der Waals surface area contributed by atoms with Gasteiger partial charge in [-0.15, -0.1) is 0 Å². The minimum Gasteiger partial charge on any atom is -0.433 e. The predicted molar refractivity (Wildman–Crippen MR) is 91.0 cm³/mol. The van der Waals surface area contributed by atoms with Crippen molar-refractivity contribution in [3.63, 3.8) is 0 Å². The molecule has 2 aromatic rings. The topological polar surface area (TPSA) is 80.6 Å². The number of carbonyl (C=O) groups excluding carboxylic acids is 2. The summed E-state index contributed by atoms with van der Waals surface area (Å²) in [6.45, 7) is 1.47. The Hall–Kier alpha value is -2.60. The fraction of sp³-hybridized carbons (Fsp3) is 0.368. The van der Waals surface area contributed by atoms with Gasteiger partial charge in [-0.3, -0.25) is 9.59 Å². The third-order valence-electron chi connectivity index (χ3n) is 4.93. The second-order valence-electron chi connectivity index (χ2n) is 6.70. The first-order valence-electron chi connectivity index (χ1n) is 8.53. The Balaban J connectivity index is 1.37. The predicted octanol–water partition coefficient (Wildman–Crippen LogP) is 2.90. The average molecular weight is 340 g/mol. The quantitative estimate of drug-likeness (QED) is 0.818. The van der Waals surface area contributed by atoms with Crippen LogP contribution in [0.2, 0.25) is 0 Å². The molecule has 2 N–H and O–H groups in total. The first-order valence-corrected chi connectivity index (χ1v) is 8.53. The van der Waals surface area contributed by atoms with Crippen LogP contribution < -0.4 is 15.4 Å². The monoisotopic (exact) mass is 340 g/mol. The zero-order valence-corrected chi connectivity index (χ0v) is 14.0. The van der Waals surface area contributed by atoms with Crippen molar-refractivity contribution >= 4 is 11.7 Å². The number of hydrogen-bond donors (Lipinski definition) is 2. The average Bonchev–Trinajstić information content (AvgIpc) is 3.32. The van der Waals surface area contributed by atoms with Crippen LogP contribution in [0.3, 0.4) is 0 Å². The van der Waals surface area contributed by atoms with Crippen molar-refractivity contribution in [3.05, 3.63) is 47.7 Å². The zero-order chi connectivity index (χ0) is 17.4. The Kier molecular flexibility index (Phi) is 4.05. The SMILES string of the molecule is CC(=O)c1coc(Oc2ccc(C(=O)N[C@@H]3C[C@H]4CC[C@@H]3N4)cc2)c1. The van der Waals surface area contributed by atoms with Crippen molar-refractivity contribution in [2.45, 2.75) is 44.3 Å². The Morgan fingerprint density at radius 3 is 2.60 bits per heavy atom. The van der Waals surface area contributed by atoms with Crippen molar-refractivity contribution in [1.82, 2.24) is 10.6 Å². The second-order valence-corrected chi connectivity index (χ2v) is 6.70. The summed E-state index contributed by atoms with van der Waals surface area (Å²) < 4.78 is 10.8. The van der Waals surface area contributed by atoms with Crippen molar-refractivity contribution in [3.8, 4) is 11.7 Å². The van der Waals surface area contributed by atoms with E-state index in [4.69, 9.17) is 9.15 Å². The van der Waals surface area contributed by atoms with E-state index >= 15 is 0 Å². The molecule has 2 saturated heterocycles. The summed E-state index contributed by atoms with van der Waals surface area (Å²) in [5, 5.41) is 6.63. The standard InChI is InChI=1S/C19H20N2O4/c1-11(22)13-8-18(24-10-13)25-15-5-2-12(3-6-15)19(23)21-17-9-14-4-7-16(17)20-14/h2-3,5-6,8,10,14,16-17,20H,4,7,9H2,1H3,(H,21,23)/t14-,16+,17-/m1/s1. The van der Waals surface area contributed by atoms with Crippen LogP contribution in [-0.2, 0) is 0 Å². The second kappa shape index (κ2) is 6.37. The van der Waals surface area contributed by atoms with Gasteiger partial charge in [-0.1, -0.05) is 0 Å². The first kappa shape index (κ1) is 15.9. The van der Waals surface area contributed by atoms with Gasteiger partial charge in [0.25, 0.3) is 11.9 Å².